The van der Waals surface area contributed by atoms with Gasteiger partial charge in [-0.2, -0.15) is 5.10 Å². The molecule has 1 aliphatic carbocycles. The van der Waals surface area contributed by atoms with Crippen molar-refractivity contribution in [3.05, 3.63) is 58.9 Å². The van der Waals surface area contributed by atoms with Crippen LogP contribution in [0.5, 0.6) is 11.5 Å². The van der Waals surface area contributed by atoms with Crippen molar-refractivity contribution in [1.29, 1.82) is 0 Å². The first-order chi connectivity index (χ1) is 16.4. The molecule has 3 aromatic rings. The Hall–Kier alpha value is -3.52. The minimum Gasteiger partial charge on any atom is -0.492 e. The predicted octanol–water partition coefficient (Wildman–Crippen LogP) is 5.23. The van der Waals surface area contributed by atoms with Crippen LogP contribution in [0.4, 0.5) is 11.4 Å². The highest BCUT2D eigenvalue weighted by molar-refractivity contribution is 6.34. The molecule has 1 aromatic heterocycles. The summed E-state index contributed by atoms with van der Waals surface area (Å²) in [5, 5.41) is 10.4. The van der Waals surface area contributed by atoms with E-state index in [4.69, 9.17) is 21.1 Å². The van der Waals surface area contributed by atoms with Crippen molar-refractivity contribution in [3.63, 3.8) is 0 Å². The Balaban J connectivity index is 1.66. The van der Waals surface area contributed by atoms with Gasteiger partial charge in [0.1, 0.15) is 22.2 Å². The van der Waals surface area contributed by atoms with Crippen molar-refractivity contribution >= 4 is 34.8 Å². The van der Waals surface area contributed by atoms with Gasteiger partial charge in [-0.3, -0.25) is 9.59 Å². The van der Waals surface area contributed by atoms with Crippen LogP contribution in [-0.4, -0.2) is 34.8 Å². The minimum atomic E-state index is -0.428. The molecule has 34 heavy (non-hydrogen) atoms. The largest absolute Gasteiger partial charge is 0.492 e. The second kappa shape index (κ2) is 10.2. The molecule has 0 bridgehead atoms. The summed E-state index contributed by atoms with van der Waals surface area (Å²) >= 11 is 6.56. The van der Waals surface area contributed by atoms with Gasteiger partial charge in [0.2, 0.25) is 5.91 Å². The lowest BCUT2D eigenvalue weighted by atomic mass is 10.2. The molecule has 0 unspecified atom stereocenters. The lowest BCUT2D eigenvalue weighted by molar-refractivity contribution is -0.117. The number of nitrogens with one attached hydrogen (secondary N) is 2. The molecule has 0 saturated heterocycles. The molecule has 1 aliphatic rings. The molecule has 0 aliphatic heterocycles. The number of amides is 2. The first-order valence-electron chi connectivity index (χ1n) is 11.3. The van der Waals surface area contributed by atoms with E-state index >= 15 is 0 Å². The Kier molecular flexibility index (Phi) is 7.07. The van der Waals surface area contributed by atoms with Gasteiger partial charge >= 0.3 is 0 Å². The number of halogens is 1. The van der Waals surface area contributed by atoms with E-state index in [2.05, 4.69) is 15.7 Å². The minimum absolute atomic E-state index is 0.0377. The molecular weight excluding hydrogens is 456 g/mol. The van der Waals surface area contributed by atoms with Crippen molar-refractivity contribution < 1.29 is 19.1 Å². The van der Waals surface area contributed by atoms with Crippen LogP contribution in [0.3, 0.4) is 0 Å². The van der Waals surface area contributed by atoms with Gasteiger partial charge in [0.05, 0.1) is 36.0 Å². The molecule has 2 amide bonds. The molecule has 8 nitrogen and oxygen atoms in total. The quantitative estimate of drug-likeness (QED) is 0.435. The van der Waals surface area contributed by atoms with Gasteiger partial charge in [-0.15, -0.1) is 0 Å². The molecule has 2 N–H and O–H groups in total. The van der Waals surface area contributed by atoms with E-state index in [1.54, 1.807) is 19.1 Å². The lowest BCUT2D eigenvalue weighted by Crippen LogP contribution is -2.17. The second-order valence-corrected chi connectivity index (χ2v) is 8.28. The van der Waals surface area contributed by atoms with E-state index in [1.807, 2.05) is 44.2 Å². The first-order valence-corrected chi connectivity index (χ1v) is 11.7. The zero-order chi connectivity index (χ0) is 24.2. The number of hydrogen-bond acceptors (Lipinski definition) is 5. The maximum atomic E-state index is 13.3. The number of ether oxygens (including phenoxy) is 2. The smallest absolute Gasteiger partial charge is 0.260 e. The molecule has 0 radical (unpaired) electrons. The Morgan fingerprint density at radius 2 is 1.62 bits per heavy atom. The summed E-state index contributed by atoms with van der Waals surface area (Å²) in [5.41, 5.74) is 2.41. The van der Waals surface area contributed by atoms with Gasteiger partial charge in [0, 0.05) is 18.1 Å². The maximum Gasteiger partial charge on any atom is 0.260 e. The Bertz CT molecular complexity index is 1210. The number of aromatic nitrogens is 2. The predicted molar refractivity (Wildman–Crippen MR) is 131 cm³/mol. The summed E-state index contributed by atoms with van der Waals surface area (Å²) in [4.78, 5) is 25.6. The SMILES string of the molecule is CCOc1cc(NC(=O)C2CC2)c(OCC)cc1NC(=O)c1c(C)nn(-c2ccccc2)c1Cl. The van der Waals surface area contributed by atoms with Crippen molar-refractivity contribution in [1.82, 2.24) is 9.78 Å². The van der Waals surface area contributed by atoms with Gasteiger partial charge < -0.3 is 20.1 Å². The highest BCUT2D eigenvalue weighted by Gasteiger charge is 2.30. The average Bonchev–Trinajstić information content (AvgIpc) is 3.62. The number of nitrogens with zero attached hydrogens (tertiary/aromatic N) is 2. The molecule has 9 heteroatoms. The number of para-hydroxylation sites is 1. The van der Waals surface area contributed by atoms with Crippen LogP contribution in [0, 0.1) is 12.8 Å². The zero-order valence-corrected chi connectivity index (χ0v) is 20.1. The van der Waals surface area contributed by atoms with Gasteiger partial charge in [0.25, 0.3) is 5.91 Å². The van der Waals surface area contributed by atoms with Gasteiger partial charge in [0.15, 0.2) is 0 Å². The van der Waals surface area contributed by atoms with Crippen LogP contribution in [0.15, 0.2) is 42.5 Å². The first kappa shape index (κ1) is 23.6. The molecule has 2 aromatic carbocycles. The van der Waals surface area contributed by atoms with Crippen molar-refractivity contribution in [2.75, 3.05) is 23.8 Å². The summed E-state index contributed by atoms with van der Waals surface area (Å²) in [7, 11) is 0. The molecule has 0 spiro atoms. The summed E-state index contributed by atoms with van der Waals surface area (Å²) < 4.78 is 13.0. The van der Waals surface area contributed by atoms with Crippen LogP contribution in [0.25, 0.3) is 5.69 Å². The average molecular weight is 483 g/mol. The summed E-state index contributed by atoms with van der Waals surface area (Å²) in [6.45, 7) is 6.19. The Morgan fingerprint density at radius 1 is 1.03 bits per heavy atom. The number of carbonyl (C=O) groups is 2. The monoisotopic (exact) mass is 482 g/mol. The van der Waals surface area contributed by atoms with Crippen molar-refractivity contribution in [2.24, 2.45) is 5.92 Å². The fourth-order valence-electron chi connectivity index (χ4n) is 3.57. The van der Waals surface area contributed by atoms with E-state index in [0.717, 1.165) is 18.5 Å². The van der Waals surface area contributed by atoms with E-state index in [0.29, 0.717) is 41.8 Å². The number of anilines is 2. The van der Waals surface area contributed by atoms with Crippen molar-refractivity contribution in [3.8, 4) is 17.2 Å². The third kappa shape index (κ3) is 5.02. The van der Waals surface area contributed by atoms with E-state index in [-0.39, 0.29) is 22.5 Å². The van der Waals surface area contributed by atoms with Crippen LogP contribution in [0.2, 0.25) is 5.15 Å². The lowest BCUT2D eigenvalue weighted by Gasteiger charge is -2.18. The summed E-state index contributed by atoms with van der Waals surface area (Å²) in [5.74, 6) is 0.419. The summed E-state index contributed by atoms with van der Waals surface area (Å²) in [6, 6.07) is 12.7. The Morgan fingerprint density at radius 3 is 2.18 bits per heavy atom. The molecule has 178 valence electrons. The number of rotatable bonds is 9. The molecule has 1 heterocycles. The number of benzene rings is 2. The van der Waals surface area contributed by atoms with Crippen LogP contribution < -0.4 is 20.1 Å². The zero-order valence-electron chi connectivity index (χ0n) is 19.4. The fourth-order valence-corrected chi connectivity index (χ4v) is 3.93. The van der Waals surface area contributed by atoms with Gasteiger partial charge in [-0.25, -0.2) is 4.68 Å². The number of hydrogen-bond donors (Lipinski definition) is 2. The molecule has 0 atom stereocenters. The van der Waals surface area contributed by atoms with Crippen LogP contribution >= 0.6 is 11.6 Å². The Labute approximate surface area is 203 Å². The van der Waals surface area contributed by atoms with Crippen LogP contribution in [0.1, 0.15) is 42.7 Å². The number of aryl methyl sites for hydroxylation is 1. The van der Waals surface area contributed by atoms with Gasteiger partial charge in [-0.05, 0) is 45.7 Å². The molecular formula is C25H27ClN4O4. The van der Waals surface area contributed by atoms with Gasteiger partial charge in [-0.1, -0.05) is 29.8 Å². The molecule has 4 rings (SSSR count). The fraction of sp³-hybridized carbons (Fsp3) is 0.320. The second-order valence-electron chi connectivity index (χ2n) is 7.93. The molecule has 1 saturated carbocycles. The maximum absolute atomic E-state index is 13.3. The third-order valence-corrected chi connectivity index (χ3v) is 5.72. The van der Waals surface area contributed by atoms with E-state index in [9.17, 15) is 9.59 Å². The third-order valence-electron chi connectivity index (χ3n) is 5.37. The summed E-state index contributed by atoms with van der Waals surface area (Å²) in [6.07, 6.45) is 1.78. The topological polar surface area (TPSA) is 94.5 Å². The molecule has 1 fully saturated rings. The van der Waals surface area contributed by atoms with E-state index < -0.39 is 5.91 Å². The van der Waals surface area contributed by atoms with E-state index in [1.165, 1.54) is 4.68 Å². The highest BCUT2D eigenvalue weighted by atomic mass is 35.5. The standard InChI is InChI=1S/C25H27ClN4O4/c1-4-33-20-14-19(21(34-5-2)13-18(20)27-24(31)16-11-12-16)28-25(32)22-15(3)29-30(23(22)26)17-9-7-6-8-10-17/h6-10,13-14,16H,4-5,11-12H2,1-3H3,(H,27,31)(H,28,32). The highest BCUT2D eigenvalue weighted by Crippen LogP contribution is 2.39. The van der Waals surface area contributed by atoms with Crippen molar-refractivity contribution in [2.45, 2.75) is 33.6 Å². The normalized spacial score (nSPS) is 12.8. The number of carbonyl (C=O) groups excluding carboxylic acids is 2. The van der Waals surface area contributed by atoms with Crippen LogP contribution in [-0.2, 0) is 4.79 Å².